The van der Waals surface area contributed by atoms with Crippen LogP contribution in [0.5, 0.6) is 0 Å². The molecule has 2 heteroatoms. The molecule has 0 heterocycles. The van der Waals surface area contributed by atoms with Crippen molar-refractivity contribution in [3.05, 3.63) is 33.7 Å². The summed E-state index contributed by atoms with van der Waals surface area (Å²) in [6.45, 7) is 0. The molecule has 0 aromatic heterocycles. The predicted octanol–water partition coefficient (Wildman–Crippen LogP) is 2.53. The Kier molecular flexibility index (Phi) is 1.76. The van der Waals surface area contributed by atoms with Crippen molar-refractivity contribution in [2.45, 2.75) is 0 Å². The summed E-state index contributed by atoms with van der Waals surface area (Å²) in [5, 5.41) is 0. The van der Waals surface area contributed by atoms with Gasteiger partial charge in [0.25, 0.3) is 5.83 Å². The molecule has 8 heavy (non-hydrogen) atoms. The van der Waals surface area contributed by atoms with Gasteiger partial charge in [-0.3, -0.25) is 0 Å². The highest BCUT2D eigenvalue weighted by atomic mass is 127. The van der Waals surface area contributed by atoms with Crippen molar-refractivity contribution >= 4 is 22.6 Å². The topological polar surface area (TPSA) is 0 Å². The van der Waals surface area contributed by atoms with Gasteiger partial charge >= 0.3 is 0 Å². The van der Waals surface area contributed by atoms with Crippen molar-refractivity contribution in [2.75, 3.05) is 0 Å². The summed E-state index contributed by atoms with van der Waals surface area (Å²) in [5.41, 5.74) is 0. The van der Waals surface area contributed by atoms with E-state index < -0.39 is 0 Å². The van der Waals surface area contributed by atoms with Crippen LogP contribution in [0.1, 0.15) is 0 Å². The van der Waals surface area contributed by atoms with E-state index in [0.717, 1.165) is 0 Å². The first kappa shape index (κ1) is 5.92. The highest BCUT2D eigenvalue weighted by molar-refractivity contribution is 14.1. The van der Waals surface area contributed by atoms with E-state index in [1.54, 1.807) is 12.2 Å². The largest absolute Gasteiger partial charge is 0.253 e. The minimum Gasteiger partial charge on any atom is -0.125 e. The molecular formula is C6H3FI+. The Morgan fingerprint density at radius 2 is 2.38 bits per heavy atom. The van der Waals surface area contributed by atoms with Crippen LogP contribution in [0, 0.1) is 6.08 Å². The third-order valence-electron chi connectivity index (χ3n) is 0.764. The van der Waals surface area contributed by atoms with E-state index >= 15 is 0 Å². The summed E-state index contributed by atoms with van der Waals surface area (Å²) in [6.07, 6.45) is 7.30. The standard InChI is InChI=1S/C6H3FI/c7-5-3-1-2-4-6(5)8/h2-4H/q+1. The van der Waals surface area contributed by atoms with Crippen molar-refractivity contribution < 1.29 is 4.39 Å². The third-order valence-corrected chi connectivity index (χ3v) is 1.64. The van der Waals surface area contributed by atoms with Crippen LogP contribution in [0.15, 0.2) is 27.6 Å². The van der Waals surface area contributed by atoms with E-state index in [9.17, 15) is 4.39 Å². The second-order valence-corrected chi connectivity index (χ2v) is 2.50. The Hall–Kier alpha value is -0.210. The number of hydrogen-bond acceptors (Lipinski definition) is 0. The van der Waals surface area contributed by atoms with Crippen molar-refractivity contribution in [2.24, 2.45) is 0 Å². The maximum atomic E-state index is 12.3. The fourth-order valence-corrected chi connectivity index (χ4v) is 0.727. The van der Waals surface area contributed by atoms with E-state index in [0.29, 0.717) is 3.58 Å². The van der Waals surface area contributed by atoms with Crippen LogP contribution in [0.3, 0.4) is 0 Å². The van der Waals surface area contributed by atoms with Gasteiger partial charge in [-0.2, -0.15) is 0 Å². The lowest BCUT2D eigenvalue weighted by Crippen LogP contribution is -1.74. The molecule has 0 fully saturated rings. The first-order valence-electron chi connectivity index (χ1n) is 2.12. The van der Waals surface area contributed by atoms with Gasteiger partial charge in [0.05, 0.1) is 6.08 Å². The normalized spacial score (nSPS) is 16.8. The highest BCUT2D eigenvalue weighted by Gasteiger charge is 2.07. The molecule has 0 aliphatic heterocycles. The minimum absolute atomic E-state index is 0.201. The molecular weight excluding hydrogens is 218 g/mol. The summed E-state index contributed by atoms with van der Waals surface area (Å²) < 4.78 is 12.9. The number of hydrogen-bond donors (Lipinski definition) is 0. The zero-order chi connectivity index (χ0) is 5.98. The third kappa shape index (κ3) is 1.14. The Balaban J connectivity index is 2.97. The molecule has 0 bridgehead atoms. The summed E-state index contributed by atoms with van der Waals surface area (Å²) in [7, 11) is 0. The van der Waals surface area contributed by atoms with Crippen LogP contribution < -0.4 is 0 Å². The number of allylic oxidation sites excluding steroid dienone is 6. The molecule has 0 unspecified atom stereocenters. The summed E-state index contributed by atoms with van der Waals surface area (Å²) in [6, 6.07) is 0. The van der Waals surface area contributed by atoms with Crippen molar-refractivity contribution in [1.29, 1.82) is 0 Å². The SMILES string of the molecule is FC1=C(I)C=C[C+]=C1. The zero-order valence-electron chi connectivity index (χ0n) is 3.99. The molecule has 40 valence electrons. The van der Waals surface area contributed by atoms with Gasteiger partial charge in [0, 0.05) is 6.08 Å². The van der Waals surface area contributed by atoms with Gasteiger partial charge in [0.15, 0.2) is 3.58 Å². The second-order valence-electron chi connectivity index (χ2n) is 1.34. The zero-order valence-corrected chi connectivity index (χ0v) is 6.15. The van der Waals surface area contributed by atoms with Crippen LogP contribution in [-0.2, 0) is 0 Å². The molecule has 0 saturated heterocycles. The van der Waals surface area contributed by atoms with Crippen LogP contribution in [-0.4, -0.2) is 0 Å². The molecule has 0 spiro atoms. The number of rotatable bonds is 0. The highest BCUT2D eigenvalue weighted by Crippen LogP contribution is 2.19. The smallest absolute Gasteiger partial charge is 0.125 e. The molecule has 0 aromatic rings. The minimum atomic E-state index is -0.201. The van der Waals surface area contributed by atoms with Gasteiger partial charge in [-0.25, -0.2) is 0 Å². The van der Waals surface area contributed by atoms with Gasteiger partial charge in [0.2, 0.25) is 0 Å². The molecule has 0 saturated carbocycles. The lowest BCUT2D eigenvalue weighted by atomic mass is 10.3. The predicted molar refractivity (Wildman–Crippen MR) is 39.1 cm³/mol. The van der Waals surface area contributed by atoms with Crippen molar-refractivity contribution in [1.82, 2.24) is 0 Å². The van der Waals surface area contributed by atoms with Crippen molar-refractivity contribution in [3.8, 4) is 0 Å². The van der Waals surface area contributed by atoms with Gasteiger partial charge < -0.3 is 0 Å². The number of halogens is 2. The van der Waals surface area contributed by atoms with Gasteiger partial charge in [0.1, 0.15) is 12.2 Å². The molecule has 1 aliphatic rings. The monoisotopic (exact) mass is 221 g/mol. The molecule has 1 rings (SSSR count). The summed E-state index contributed by atoms with van der Waals surface area (Å²) in [5.74, 6) is -0.201. The van der Waals surface area contributed by atoms with E-state index in [4.69, 9.17) is 0 Å². The Labute approximate surface area is 60.9 Å². The van der Waals surface area contributed by atoms with Crippen LogP contribution >= 0.6 is 22.6 Å². The average molecular weight is 221 g/mol. The average Bonchev–Trinajstić information content (AvgIpc) is 1.77. The van der Waals surface area contributed by atoms with Gasteiger partial charge in [-0.15, -0.1) is 4.39 Å². The molecule has 0 radical (unpaired) electrons. The maximum absolute atomic E-state index is 12.3. The van der Waals surface area contributed by atoms with Crippen LogP contribution in [0.25, 0.3) is 0 Å². The summed E-state index contributed by atoms with van der Waals surface area (Å²) >= 11 is 1.93. The fraction of sp³-hybridized carbons (Fsp3) is 0. The van der Waals surface area contributed by atoms with Crippen molar-refractivity contribution in [3.63, 3.8) is 0 Å². The second kappa shape index (κ2) is 2.37. The van der Waals surface area contributed by atoms with E-state index in [1.165, 1.54) is 6.08 Å². The Bertz CT molecular complexity index is 157. The molecule has 1 aliphatic carbocycles. The van der Waals surface area contributed by atoms with Gasteiger partial charge in [-0.05, 0) is 22.6 Å². The lowest BCUT2D eigenvalue weighted by Gasteiger charge is -1.81. The Morgan fingerprint density at radius 3 is 2.75 bits per heavy atom. The van der Waals surface area contributed by atoms with Gasteiger partial charge in [-0.1, -0.05) is 0 Å². The van der Waals surface area contributed by atoms with E-state index in [-0.39, 0.29) is 5.83 Å². The first-order valence-corrected chi connectivity index (χ1v) is 3.19. The first-order chi connectivity index (χ1) is 3.80. The van der Waals surface area contributed by atoms with E-state index in [1.807, 2.05) is 22.6 Å². The van der Waals surface area contributed by atoms with E-state index in [2.05, 4.69) is 6.08 Å². The molecule has 0 atom stereocenters. The Morgan fingerprint density at radius 1 is 1.62 bits per heavy atom. The molecule has 0 N–H and O–H groups in total. The molecule has 0 aromatic carbocycles. The molecule has 0 nitrogen and oxygen atoms in total. The van der Waals surface area contributed by atoms with Crippen LogP contribution in [0.4, 0.5) is 4.39 Å². The quantitative estimate of drug-likeness (QED) is 0.435. The fourth-order valence-electron chi connectivity index (χ4n) is 0.391. The maximum Gasteiger partial charge on any atom is 0.253 e. The van der Waals surface area contributed by atoms with Crippen LogP contribution in [0.2, 0.25) is 0 Å². The molecule has 0 amide bonds. The lowest BCUT2D eigenvalue weighted by molar-refractivity contribution is 0.664. The summed E-state index contributed by atoms with van der Waals surface area (Å²) in [4.78, 5) is 0.